The van der Waals surface area contributed by atoms with Crippen molar-refractivity contribution in [3.8, 4) is 0 Å². The Labute approximate surface area is 119 Å². The minimum atomic E-state index is 0.311. The smallest absolute Gasteiger partial charge is 0.136 e. The summed E-state index contributed by atoms with van der Waals surface area (Å²) in [4.78, 5) is 12.5. The Hall–Kier alpha value is -0.370. The summed E-state index contributed by atoms with van der Waals surface area (Å²) < 4.78 is 5.21. The van der Waals surface area contributed by atoms with Gasteiger partial charge >= 0.3 is 0 Å². The lowest BCUT2D eigenvalue weighted by Gasteiger charge is -2.35. The monoisotopic (exact) mass is 268 g/mol. The van der Waals surface area contributed by atoms with Crippen LogP contribution in [0.2, 0.25) is 0 Å². The largest absolute Gasteiger partial charge is 0.385 e. The lowest BCUT2D eigenvalue weighted by Crippen LogP contribution is -2.34. The maximum atomic E-state index is 12.5. The van der Waals surface area contributed by atoms with E-state index in [1.807, 2.05) is 0 Å². The Morgan fingerprint density at radius 1 is 1.21 bits per heavy atom. The summed E-state index contributed by atoms with van der Waals surface area (Å²) in [6.07, 6.45) is 10.4. The zero-order valence-electron chi connectivity index (χ0n) is 13.1. The number of rotatable bonds is 9. The Bertz CT molecular complexity index is 250. The van der Waals surface area contributed by atoms with Gasteiger partial charge in [-0.2, -0.15) is 0 Å². The van der Waals surface area contributed by atoms with Crippen molar-refractivity contribution in [2.24, 2.45) is 17.8 Å². The molecule has 0 bridgehead atoms. The predicted molar refractivity (Wildman–Crippen MR) is 80.3 cm³/mol. The van der Waals surface area contributed by atoms with Crippen LogP contribution in [0.5, 0.6) is 0 Å². The molecule has 2 nitrogen and oxygen atoms in total. The first kappa shape index (κ1) is 16.7. The fraction of sp³-hybridized carbons (Fsp3) is 0.941. The van der Waals surface area contributed by atoms with Crippen molar-refractivity contribution < 1.29 is 9.53 Å². The molecule has 0 spiro atoms. The van der Waals surface area contributed by atoms with Crippen LogP contribution in [0.3, 0.4) is 0 Å². The lowest BCUT2D eigenvalue weighted by atomic mass is 9.69. The van der Waals surface area contributed by atoms with Gasteiger partial charge in [-0.05, 0) is 31.1 Å². The zero-order valence-corrected chi connectivity index (χ0v) is 13.1. The summed E-state index contributed by atoms with van der Waals surface area (Å²) >= 11 is 0. The second kappa shape index (κ2) is 9.52. The Morgan fingerprint density at radius 2 is 2.00 bits per heavy atom. The van der Waals surface area contributed by atoms with Crippen molar-refractivity contribution in [3.63, 3.8) is 0 Å². The topological polar surface area (TPSA) is 26.3 Å². The van der Waals surface area contributed by atoms with Gasteiger partial charge in [0.2, 0.25) is 0 Å². The molecule has 0 aromatic rings. The maximum absolute atomic E-state index is 12.5. The highest BCUT2D eigenvalue weighted by atomic mass is 16.5. The van der Waals surface area contributed by atoms with Gasteiger partial charge in [-0.15, -0.1) is 0 Å². The van der Waals surface area contributed by atoms with Gasteiger partial charge in [0.05, 0.1) is 0 Å². The van der Waals surface area contributed by atoms with Gasteiger partial charge in [-0.25, -0.2) is 0 Å². The number of Topliss-reactive ketones (excluding diaryl/α,β-unsaturated/α-hetero) is 1. The predicted octanol–water partition coefficient (Wildman–Crippen LogP) is 4.61. The maximum Gasteiger partial charge on any atom is 0.136 e. The van der Waals surface area contributed by atoms with Gasteiger partial charge in [0, 0.05) is 26.1 Å². The molecule has 1 saturated carbocycles. The van der Waals surface area contributed by atoms with Crippen molar-refractivity contribution in [2.45, 2.75) is 71.6 Å². The summed E-state index contributed by atoms with van der Waals surface area (Å²) in [6.45, 7) is 5.29. The van der Waals surface area contributed by atoms with E-state index in [1.54, 1.807) is 7.11 Å². The normalized spacial score (nSPS) is 27.4. The van der Waals surface area contributed by atoms with E-state index in [4.69, 9.17) is 4.74 Å². The number of ether oxygens (including phenoxy) is 1. The minimum absolute atomic E-state index is 0.311. The first-order valence-corrected chi connectivity index (χ1v) is 8.22. The van der Waals surface area contributed by atoms with Gasteiger partial charge in [0.15, 0.2) is 0 Å². The van der Waals surface area contributed by atoms with Gasteiger partial charge in [0.25, 0.3) is 0 Å². The first-order chi connectivity index (χ1) is 9.20. The van der Waals surface area contributed by atoms with E-state index in [2.05, 4.69) is 13.8 Å². The third-order valence-electron chi connectivity index (χ3n) is 4.70. The highest BCUT2D eigenvalue weighted by Crippen LogP contribution is 2.38. The quantitative estimate of drug-likeness (QED) is 0.571. The number of hydrogen-bond acceptors (Lipinski definition) is 2. The molecule has 0 aromatic carbocycles. The number of hydrogen-bond donors (Lipinski definition) is 0. The van der Waals surface area contributed by atoms with E-state index >= 15 is 0 Å². The molecule has 0 heterocycles. The standard InChI is InChI=1S/C17H32O2/c1-4-5-6-7-11-16(18)17-14(2)9-8-10-15(17)12-13-19-3/h14-15,17H,4-13H2,1-3H3. The number of methoxy groups -OCH3 is 1. The van der Waals surface area contributed by atoms with Crippen LogP contribution in [0.4, 0.5) is 0 Å². The molecule has 3 atom stereocenters. The van der Waals surface area contributed by atoms with Gasteiger partial charge in [-0.1, -0.05) is 46.0 Å². The van der Waals surface area contributed by atoms with Crippen LogP contribution in [0.25, 0.3) is 0 Å². The average molecular weight is 268 g/mol. The third-order valence-corrected chi connectivity index (χ3v) is 4.70. The molecule has 3 unspecified atom stereocenters. The first-order valence-electron chi connectivity index (χ1n) is 8.22. The molecule has 2 heteroatoms. The summed E-state index contributed by atoms with van der Waals surface area (Å²) in [5.41, 5.74) is 0. The Balaban J connectivity index is 2.45. The van der Waals surface area contributed by atoms with Crippen LogP contribution in [0, 0.1) is 17.8 Å². The van der Waals surface area contributed by atoms with E-state index in [0.29, 0.717) is 23.5 Å². The third kappa shape index (κ3) is 5.64. The molecule has 0 amide bonds. The summed E-state index contributed by atoms with van der Waals surface area (Å²) in [6, 6.07) is 0. The molecule has 1 fully saturated rings. The van der Waals surface area contributed by atoms with Crippen LogP contribution < -0.4 is 0 Å². The number of carbonyl (C=O) groups excluding carboxylic acids is 1. The zero-order chi connectivity index (χ0) is 14.1. The second-order valence-electron chi connectivity index (χ2n) is 6.25. The fourth-order valence-electron chi connectivity index (χ4n) is 3.59. The molecule has 1 aliphatic rings. The van der Waals surface area contributed by atoms with E-state index in [1.165, 1.54) is 38.5 Å². The average Bonchev–Trinajstić information content (AvgIpc) is 2.41. The van der Waals surface area contributed by atoms with E-state index < -0.39 is 0 Å². The van der Waals surface area contributed by atoms with Crippen molar-refractivity contribution >= 4 is 5.78 Å². The lowest BCUT2D eigenvalue weighted by molar-refractivity contribution is -0.128. The van der Waals surface area contributed by atoms with Crippen molar-refractivity contribution in [1.29, 1.82) is 0 Å². The number of carbonyl (C=O) groups is 1. The molecular weight excluding hydrogens is 236 g/mol. The molecule has 0 saturated heterocycles. The minimum Gasteiger partial charge on any atom is -0.385 e. The van der Waals surface area contributed by atoms with Crippen molar-refractivity contribution in [2.75, 3.05) is 13.7 Å². The summed E-state index contributed by atoms with van der Waals surface area (Å²) in [5.74, 6) is 1.99. The highest BCUT2D eigenvalue weighted by molar-refractivity contribution is 5.81. The van der Waals surface area contributed by atoms with E-state index in [-0.39, 0.29) is 0 Å². The molecule has 0 radical (unpaired) electrons. The highest BCUT2D eigenvalue weighted by Gasteiger charge is 2.34. The molecule has 0 aliphatic heterocycles. The molecular formula is C17H32O2. The fourth-order valence-corrected chi connectivity index (χ4v) is 3.59. The van der Waals surface area contributed by atoms with Crippen molar-refractivity contribution in [1.82, 2.24) is 0 Å². The van der Waals surface area contributed by atoms with E-state index in [0.717, 1.165) is 25.9 Å². The van der Waals surface area contributed by atoms with Crippen molar-refractivity contribution in [3.05, 3.63) is 0 Å². The van der Waals surface area contributed by atoms with E-state index in [9.17, 15) is 4.79 Å². The Morgan fingerprint density at radius 3 is 2.68 bits per heavy atom. The van der Waals surface area contributed by atoms with Gasteiger partial charge in [0.1, 0.15) is 5.78 Å². The van der Waals surface area contributed by atoms with Gasteiger partial charge < -0.3 is 4.74 Å². The number of ketones is 1. The molecule has 1 rings (SSSR count). The molecule has 19 heavy (non-hydrogen) atoms. The molecule has 112 valence electrons. The summed E-state index contributed by atoms with van der Waals surface area (Å²) in [7, 11) is 1.76. The van der Waals surface area contributed by atoms with Crippen LogP contribution in [0.1, 0.15) is 71.6 Å². The molecule has 1 aliphatic carbocycles. The molecule has 0 aromatic heterocycles. The van der Waals surface area contributed by atoms with Crippen LogP contribution >= 0.6 is 0 Å². The Kier molecular flexibility index (Phi) is 8.36. The molecule has 0 N–H and O–H groups in total. The number of unbranched alkanes of at least 4 members (excludes halogenated alkanes) is 3. The van der Waals surface area contributed by atoms with Crippen LogP contribution in [0.15, 0.2) is 0 Å². The SMILES string of the molecule is CCCCCCC(=O)C1C(C)CCCC1CCOC. The summed E-state index contributed by atoms with van der Waals surface area (Å²) in [5, 5.41) is 0. The van der Waals surface area contributed by atoms with Crippen LogP contribution in [-0.4, -0.2) is 19.5 Å². The second-order valence-corrected chi connectivity index (χ2v) is 6.25. The van der Waals surface area contributed by atoms with Gasteiger partial charge in [-0.3, -0.25) is 4.79 Å². The van der Waals surface area contributed by atoms with Crippen LogP contribution in [-0.2, 0) is 9.53 Å².